The first kappa shape index (κ1) is 28.7. The minimum atomic E-state index is -0.635. The average molecular weight is 539 g/mol. The molecule has 7 heteroatoms. The third-order valence-electron chi connectivity index (χ3n) is 7.83. The van der Waals surface area contributed by atoms with Gasteiger partial charge in [0.1, 0.15) is 11.6 Å². The Morgan fingerprint density at radius 2 is 1.92 bits per heavy atom. The number of hydrogen-bond donors (Lipinski definition) is 0. The number of aryl methyl sites for hydroxylation is 2. The molecule has 2 aliphatic rings. The van der Waals surface area contributed by atoms with Crippen molar-refractivity contribution in [2.75, 3.05) is 20.2 Å². The Hall–Kier alpha value is -3.35. The second-order valence-electron chi connectivity index (χ2n) is 10.7. The van der Waals surface area contributed by atoms with Gasteiger partial charge in [-0.3, -0.25) is 4.79 Å². The van der Waals surface area contributed by atoms with Gasteiger partial charge in [0.2, 0.25) is 0 Å². The number of hydrogen-bond acceptors (Lipinski definition) is 3. The molecule has 2 atom stereocenters. The second kappa shape index (κ2) is 12.7. The monoisotopic (exact) mass is 538 g/mol. The van der Waals surface area contributed by atoms with E-state index in [0.717, 1.165) is 24.8 Å². The quantitative estimate of drug-likeness (QED) is 0.297. The minimum absolute atomic E-state index is 0.146. The van der Waals surface area contributed by atoms with Crippen molar-refractivity contribution in [1.29, 1.82) is 0 Å². The number of benzene rings is 2. The van der Waals surface area contributed by atoms with Gasteiger partial charge >= 0.3 is 0 Å². The number of carbonyl (C=O) groups is 1. The Morgan fingerprint density at radius 3 is 2.56 bits per heavy atom. The number of aliphatic imine (C=N–C) groups is 1. The standard InChI is InChI=1S/C32H37F3N2O2/c1-5-6-7-22-11-12-23(17-26(22)33)28-18-24(10-8-21-9-13-29(39-4)27(34)16-21)30(35)31(36-28)32(38)37-15-14-25(19-37)20(2)3/h9,11-13,16-17,24-25H,2,5-8,10,14-15,18-19H2,1,3-4H3/t24?,25-/m0/s1. The summed E-state index contributed by atoms with van der Waals surface area (Å²) in [5.74, 6) is -2.12. The summed E-state index contributed by atoms with van der Waals surface area (Å²) in [5, 5.41) is 0. The van der Waals surface area contributed by atoms with Gasteiger partial charge in [0.05, 0.1) is 7.11 Å². The highest BCUT2D eigenvalue weighted by Crippen LogP contribution is 2.35. The van der Waals surface area contributed by atoms with Crippen molar-refractivity contribution in [3.8, 4) is 5.75 Å². The fraction of sp³-hybridized carbons (Fsp3) is 0.438. The van der Waals surface area contributed by atoms with E-state index in [1.165, 1.54) is 19.2 Å². The van der Waals surface area contributed by atoms with E-state index in [1.807, 2.05) is 6.92 Å². The number of amides is 1. The van der Waals surface area contributed by atoms with E-state index in [0.29, 0.717) is 54.8 Å². The van der Waals surface area contributed by atoms with Crippen LogP contribution in [0.4, 0.5) is 13.2 Å². The van der Waals surface area contributed by atoms with E-state index in [9.17, 15) is 13.6 Å². The Labute approximate surface area is 229 Å². The van der Waals surface area contributed by atoms with Crippen molar-refractivity contribution in [3.05, 3.63) is 88.4 Å². The molecule has 1 unspecified atom stereocenters. The highest BCUT2D eigenvalue weighted by molar-refractivity contribution is 6.06. The zero-order valence-corrected chi connectivity index (χ0v) is 23.0. The molecule has 0 bridgehead atoms. The number of methoxy groups -OCH3 is 1. The van der Waals surface area contributed by atoms with E-state index in [1.54, 1.807) is 29.2 Å². The maximum absolute atomic E-state index is 15.9. The van der Waals surface area contributed by atoms with Gasteiger partial charge in [-0.15, -0.1) is 0 Å². The van der Waals surface area contributed by atoms with Crippen molar-refractivity contribution in [3.63, 3.8) is 0 Å². The van der Waals surface area contributed by atoms with Gasteiger partial charge in [0.25, 0.3) is 5.91 Å². The molecule has 0 radical (unpaired) electrons. The van der Waals surface area contributed by atoms with Gasteiger partial charge in [0, 0.05) is 24.7 Å². The number of unbranched alkanes of at least 4 members (excludes halogenated alkanes) is 1. The molecule has 2 aliphatic heterocycles. The number of halogens is 3. The fourth-order valence-corrected chi connectivity index (χ4v) is 5.31. The maximum atomic E-state index is 15.9. The molecule has 0 spiro atoms. The number of likely N-dealkylation sites (tertiary alicyclic amines) is 1. The van der Waals surface area contributed by atoms with Crippen LogP contribution in [0.25, 0.3) is 0 Å². The summed E-state index contributed by atoms with van der Waals surface area (Å²) in [6, 6.07) is 9.69. The first-order chi connectivity index (χ1) is 18.7. The number of allylic oxidation sites excluding steroid dienone is 1. The first-order valence-corrected chi connectivity index (χ1v) is 13.7. The van der Waals surface area contributed by atoms with Crippen molar-refractivity contribution in [2.45, 2.75) is 58.8 Å². The summed E-state index contributed by atoms with van der Waals surface area (Å²) in [6.07, 6.45) is 4.25. The Kier molecular flexibility index (Phi) is 9.31. The molecule has 1 amide bonds. The first-order valence-electron chi connectivity index (χ1n) is 13.7. The van der Waals surface area contributed by atoms with E-state index in [-0.39, 0.29) is 29.6 Å². The normalized spacial score (nSPS) is 19.3. The smallest absolute Gasteiger partial charge is 0.275 e. The van der Waals surface area contributed by atoms with Gasteiger partial charge in [-0.2, -0.15) is 0 Å². The van der Waals surface area contributed by atoms with Crippen LogP contribution >= 0.6 is 0 Å². The Morgan fingerprint density at radius 1 is 1.13 bits per heavy atom. The van der Waals surface area contributed by atoms with Crippen LogP contribution in [0.2, 0.25) is 0 Å². The fourth-order valence-electron chi connectivity index (χ4n) is 5.31. The summed E-state index contributed by atoms with van der Waals surface area (Å²) in [4.78, 5) is 19.6. The molecule has 2 aromatic carbocycles. The summed E-state index contributed by atoms with van der Waals surface area (Å²) in [7, 11) is 1.40. The molecular weight excluding hydrogens is 501 g/mol. The van der Waals surface area contributed by atoms with Crippen LogP contribution in [0.1, 0.15) is 62.6 Å². The lowest BCUT2D eigenvalue weighted by atomic mass is 9.87. The summed E-state index contributed by atoms with van der Waals surface area (Å²) >= 11 is 0. The van der Waals surface area contributed by atoms with E-state index in [2.05, 4.69) is 18.5 Å². The maximum Gasteiger partial charge on any atom is 0.275 e. The lowest BCUT2D eigenvalue weighted by Crippen LogP contribution is -2.32. The number of carbonyl (C=O) groups excluding carboxylic acids is 1. The lowest BCUT2D eigenvalue weighted by Gasteiger charge is -2.25. The molecule has 0 saturated carbocycles. The summed E-state index contributed by atoms with van der Waals surface area (Å²) < 4.78 is 50.0. The van der Waals surface area contributed by atoms with Crippen LogP contribution in [-0.4, -0.2) is 36.7 Å². The van der Waals surface area contributed by atoms with Crippen LogP contribution < -0.4 is 4.74 Å². The molecule has 4 nitrogen and oxygen atoms in total. The summed E-state index contributed by atoms with van der Waals surface area (Å²) in [5.41, 5.74) is 3.16. The van der Waals surface area contributed by atoms with Crippen LogP contribution in [0.3, 0.4) is 0 Å². The highest BCUT2D eigenvalue weighted by atomic mass is 19.1. The van der Waals surface area contributed by atoms with Crippen molar-refractivity contribution < 1.29 is 22.7 Å². The molecular formula is C32H37F3N2O2. The molecule has 0 aliphatic carbocycles. The number of nitrogens with zero attached hydrogens (tertiary/aromatic N) is 2. The van der Waals surface area contributed by atoms with Gasteiger partial charge < -0.3 is 9.64 Å². The third-order valence-corrected chi connectivity index (χ3v) is 7.83. The Balaban J connectivity index is 1.62. The van der Waals surface area contributed by atoms with E-state index in [4.69, 9.17) is 4.74 Å². The zero-order valence-electron chi connectivity index (χ0n) is 23.0. The zero-order chi connectivity index (χ0) is 28.1. The van der Waals surface area contributed by atoms with E-state index >= 15 is 4.39 Å². The molecule has 0 N–H and O–H groups in total. The van der Waals surface area contributed by atoms with Crippen LogP contribution in [0.5, 0.6) is 5.75 Å². The largest absolute Gasteiger partial charge is 0.494 e. The molecule has 2 aromatic rings. The molecule has 4 rings (SSSR count). The molecule has 2 heterocycles. The number of ether oxygens (including phenoxy) is 1. The topological polar surface area (TPSA) is 41.9 Å². The minimum Gasteiger partial charge on any atom is -0.494 e. The van der Waals surface area contributed by atoms with Gasteiger partial charge in [-0.05, 0) is 86.3 Å². The van der Waals surface area contributed by atoms with Crippen molar-refractivity contribution in [1.82, 2.24) is 4.90 Å². The van der Waals surface area contributed by atoms with E-state index < -0.39 is 23.5 Å². The third kappa shape index (κ3) is 6.63. The average Bonchev–Trinajstić information content (AvgIpc) is 3.42. The molecule has 0 aromatic heterocycles. The van der Waals surface area contributed by atoms with Crippen LogP contribution in [-0.2, 0) is 17.6 Å². The van der Waals surface area contributed by atoms with Crippen LogP contribution in [0, 0.1) is 23.5 Å². The van der Waals surface area contributed by atoms with Crippen molar-refractivity contribution >= 4 is 11.6 Å². The van der Waals surface area contributed by atoms with Crippen molar-refractivity contribution in [2.24, 2.45) is 16.8 Å². The Bertz CT molecular complexity index is 1300. The molecule has 208 valence electrons. The molecule has 39 heavy (non-hydrogen) atoms. The van der Waals surface area contributed by atoms with Gasteiger partial charge in [-0.25, -0.2) is 18.2 Å². The van der Waals surface area contributed by atoms with Gasteiger partial charge in [-0.1, -0.05) is 43.7 Å². The molecule has 1 saturated heterocycles. The summed E-state index contributed by atoms with van der Waals surface area (Å²) in [6.45, 7) is 8.99. The highest BCUT2D eigenvalue weighted by Gasteiger charge is 2.35. The predicted octanol–water partition coefficient (Wildman–Crippen LogP) is 7.36. The predicted molar refractivity (Wildman–Crippen MR) is 149 cm³/mol. The SMILES string of the molecule is C=C(C)[C@H]1CCN(C(=O)C2=C(F)C(CCc3ccc(OC)c(F)c3)CC(c3ccc(CCCC)c(F)c3)=N2)C1. The lowest BCUT2D eigenvalue weighted by molar-refractivity contribution is -0.126. The number of rotatable bonds is 10. The van der Waals surface area contributed by atoms with Gasteiger partial charge in [0.15, 0.2) is 17.3 Å². The molecule has 1 fully saturated rings. The second-order valence-corrected chi connectivity index (χ2v) is 10.7. The van der Waals surface area contributed by atoms with Crippen LogP contribution in [0.15, 0.2) is 65.1 Å².